The minimum atomic E-state index is -0.990. The van der Waals surface area contributed by atoms with Crippen molar-refractivity contribution in [2.24, 2.45) is 0 Å². The molecule has 3 aromatic rings. The van der Waals surface area contributed by atoms with Crippen molar-refractivity contribution < 1.29 is 38.1 Å². The number of alkyl carbamates (subject to hydrolysis) is 2. The van der Waals surface area contributed by atoms with Crippen molar-refractivity contribution in [3.63, 3.8) is 0 Å². The molecule has 0 saturated carbocycles. The summed E-state index contributed by atoms with van der Waals surface area (Å²) in [7, 11) is 0. The van der Waals surface area contributed by atoms with Crippen LogP contribution in [0.3, 0.4) is 0 Å². The molecule has 3 rings (SSSR count). The van der Waals surface area contributed by atoms with Crippen LogP contribution in [0.4, 0.5) is 9.59 Å². The Morgan fingerprint density at radius 3 is 1.37 bits per heavy atom. The van der Waals surface area contributed by atoms with Crippen molar-refractivity contribution in [1.29, 1.82) is 0 Å². The Morgan fingerprint density at radius 1 is 0.653 bits per heavy atom. The molecular weight excluding hydrogens is 694 g/mol. The molecular formula is C37H46BrN3O8. The zero-order valence-corrected chi connectivity index (χ0v) is 30.5. The van der Waals surface area contributed by atoms with Gasteiger partial charge in [-0.05, 0) is 89.5 Å². The molecule has 11 nitrogen and oxygen atoms in total. The molecule has 0 aliphatic rings. The molecule has 2 amide bonds. The zero-order valence-electron chi connectivity index (χ0n) is 28.9. The quantitative estimate of drug-likeness (QED) is 0.132. The summed E-state index contributed by atoms with van der Waals surface area (Å²) in [5.41, 5.74) is 1.66. The molecule has 2 aromatic carbocycles. The lowest BCUT2D eigenvalue weighted by molar-refractivity contribution is -0.148. The van der Waals surface area contributed by atoms with Gasteiger partial charge in [0.25, 0.3) is 0 Å². The number of hydrogen-bond acceptors (Lipinski definition) is 9. The van der Waals surface area contributed by atoms with Crippen molar-refractivity contribution in [1.82, 2.24) is 15.6 Å². The van der Waals surface area contributed by atoms with Crippen molar-refractivity contribution in [3.05, 3.63) is 99.8 Å². The highest BCUT2D eigenvalue weighted by Crippen LogP contribution is 2.25. The first-order valence-electron chi connectivity index (χ1n) is 16.1. The fraction of sp³-hybridized carbons (Fsp3) is 0.432. The lowest BCUT2D eigenvalue weighted by atomic mass is 10.0. The third-order valence-corrected chi connectivity index (χ3v) is 7.85. The van der Waals surface area contributed by atoms with E-state index in [2.05, 4.69) is 31.5 Å². The van der Waals surface area contributed by atoms with Crippen LogP contribution in [0, 0.1) is 0 Å². The van der Waals surface area contributed by atoms with Crippen LogP contribution in [-0.4, -0.2) is 52.4 Å². The third kappa shape index (κ3) is 14.7. The van der Waals surface area contributed by atoms with Crippen LogP contribution in [0.15, 0.2) is 77.5 Å². The van der Waals surface area contributed by atoms with E-state index in [0.29, 0.717) is 12.8 Å². The maximum absolute atomic E-state index is 13.1. The van der Waals surface area contributed by atoms with E-state index >= 15 is 0 Å². The molecule has 0 fully saturated rings. The van der Waals surface area contributed by atoms with Gasteiger partial charge in [-0.1, -0.05) is 76.6 Å². The summed E-state index contributed by atoms with van der Waals surface area (Å²) >= 11 is 3.66. The molecule has 1 aromatic heterocycles. The van der Waals surface area contributed by atoms with Gasteiger partial charge in [0.2, 0.25) is 0 Å². The number of aryl methyl sites for hydroxylation is 2. The van der Waals surface area contributed by atoms with Gasteiger partial charge >= 0.3 is 24.1 Å². The van der Waals surface area contributed by atoms with Crippen molar-refractivity contribution in [3.8, 4) is 0 Å². The molecule has 0 spiro atoms. The maximum Gasteiger partial charge on any atom is 0.408 e. The van der Waals surface area contributed by atoms with Crippen LogP contribution in [0.25, 0.3) is 0 Å². The fourth-order valence-electron chi connectivity index (χ4n) is 4.54. The number of carbonyl (C=O) groups excluding carboxylic acids is 4. The first-order chi connectivity index (χ1) is 23.1. The van der Waals surface area contributed by atoms with Crippen molar-refractivity contribution in [2.45, 2.75) is 104 Å². The molecule has 1 heterocycles. The summed E-state index contributed by atoms with van der Waals surface area (Å²) in [6.45, 7) is 10.5. The SMILES string of the molecule is CC(C)(C)OC(=O)N[C@@H](CCc1cncc(CC[C@H](NC(=O)OC(C)(C)C)C(=O)OCc2ccccc2)c1Br)C(=O)OCc1ccccc1. The number of benzene rings is 2. The molecule has 12 heteroatoms. The van der Waals surface area contributed by atoms with E-state index in [1.807, 2.05) is 60.7 Å². The highest BCUT2D eigenvalue weighted by Gasteiger charge is 2.28. The van der Waals surface area contributed by atoms with Crippen LogP contribution in [0.5, 0.6) is 0 Å². The lowest BCUT2D eigenvalue weighted by Crippen LogP contribution is -2.44. The monoisotopic (exact) mass is 739 g/mol. The van der Waals surface area contributed by atoms with Gasteiger partial charge in [0.15, 0.2) is 0 Å². The van der Waals surface area contributed by atoms with E-state index in [0.717, 1.165) is 26.7 Å². The maximum atomic E-state index is 13.1. The number of ether oxygens (including phenoxy) is 4. The van der Waals surface area contributed by atoms with Crippen LogP contribution >= 0.6 is 15.9 Å². The van der Waals surface area contributed by atoms with Gasteiger partial charge < -0.3 is 29.6 Å². The van der Waals surface area contributed by atoms with Gasteiger partial charge in [-0.15, -0.1) is 0 Å². The molecule has 2 N–H and O–H groups in total. The average molecular weight is 741 g/mol. The Bertz CT molecular complexity index is 1430. The molecule has 0 unspecified atom stereocenters. The van der Waals surface area contributed by atoms with Gasteiger partial charge in [0, 0.05) is 16.9 Å². The summed E-state index contributed by atoms with van der Waals surface area (Å²) in [6, 6.07) is 16.5. The molecule has 264 valence electrons. The summed E-state index contributed by atoms with van der Waals surface area (Å²) in [4.78, 5) is 55.9. The second-order valence-electron chi connectivity index (χ2n) is 13.4. The normalized spacial score (nSPS) is 12.6. The van der Waals surface area contributed by atoms with E-state index in [1.165, 1.54) is 0 Å². The number of nitrogens with zero attached hydrogens (tertiary/aromatic N) is 1. The third-order valence-electron chi connectivity index (χ3n) is 6.83. The topological polar surface area (TPSA) is 142 Å². The summed E-state index contributed by atoms with van der Waals surface area (Å²) < 4.78 is 22.6. The Kier molecular flexibility index (Phi) is 14.6. The first kappa shape index (κ1) is 39.0. The van der Waals surface area contributed by atoms with E-state index in [1.54, 1.807) is 53.9 Å². The van der Waals surface area contributed by atoms with E-state index in [4.69, 9.17) is 18.9 Å². The molecule has 0 aliphatic carbocycles. The molecule has 0 bridgehead atoms. The van der Waals surface area contributed by atoms with Crippen LogP contribution in [0.1, 0.15) is 76.6 Å². The molecule has 0 aliphatic heterocycles. The van der Waals surface area contributed by atoms with Gasteiger partial charge in [0.05, 0.1) is 0 Å². The Labute approximate surface area is 296 Å². The molecule has 2 atom stereocenters. The lowest BCUT2D eigenvalue weighted by Gasteiger charge is -2.23. The first-order valence-corrected chi connectivity index (χ1v) is 16.9. The Hall–Kier alpha value is -4.45. The molecule has 0 saturated heterocycles. The number of hydrogen-bond donors (Lipinski definition) is 2. The predicted octanol–water partition coefficient (Wildman–Crippen LogP) is 6.98. The predicted molar refractivity (Wildman–Crippen MR) is 187 cm³/mol. The van der Waals surface area contributed by atoms with Crippen LogP contribution in [-0.2, 0) is 54.6 Å². The van der Waals surface area contributed by atoms with Gasteiger partial charge in [0.1, 0.15) is 36.5 Å². The highest BCUT2D eigenvalue weighted by atomic mass is 79.9. The minimum Gasteiger partial charge on any atom is -0.459 e. The number of carbonyl (C=O) groups is 4. The van der Waals surface area contributed by atoms with Gasteiger partial charge in [-0.3, -0.25) is 4.98 Å². The number of nitrogens with one attached hydrogen (secondary N) is 2. The van der Waals surface area contributed by atoms with Gasteiger partial charge in [-0.25, -0.2) is 19.2 Å². The van der Waals surface area contributed by atoms with Crippen molar-refractivity contribution >= 4 is 40.1 Å². The van der Waals surface area contributed by atoms with E-state index in [-0.39, 0.29) is 26.1 Å². The van der Waals surface area contributed by atoms with E-state index in [9.17, 15) is 19.2 Å². The second-order valence-corrected chi connectivity index (χ2v) is 14.2. The molecule has 0 radical (unpaired) electrons. The molecule has 49 heavy (non-hydrogen) atoms. The van der Waals surface area contributed by atoms with Crippen LogP contribution in [0.2, 0.25) is 0 Å². The number of esters is 2. The number of aromatic nitrogens is 1. The summed E-state index contributed by atoms with van der Waals surface area (Å²) in [5.74, 6) is -1.19. The smallest absolute Gasteiger partial charge is 0.408 e. The van der Waals surface area contributed by atoms with E-state index < -0.39 is 47.4 Å². The summed E-state index contributed by atoms with van der Waals surface area (Å²) in [5, 5.41) is 5.30. The highest BCUT2D eigenvalue weighted by molar-refractivity contribution is 9.10. The second kappa shape index (κ2) is 18.4. The van der Waals surface area contributed by atoms with Gasteiger partial charge in [-0.2, -0.15) is 0 Å². The fourth-order valence-corrected chi connectivity index (χ4v) is 5.14. The summed E-state index contributed by atoms with van der Waals surface area (Å²) in [6.07, 6.45) is 2.96. The Morgan fingerprint density at radius 2 is 1.02 bits per heavy atom. The number of rotatable bonds is 14. The minimum absolute atomic E-state index is 0.0547. The largest absolute Gasteiger partial charge is 0.459 e. The number of amides is 2. The standard InChI is InChI=1S/C37H46BrN3O8/c1-36(2,3)48-34(44)40-29(32(42)46-23-25-13-9-7-10-14-25)19-17-27-21-39-22-28(31(27)38)18-20-30(41-35(45)49-37(4,5)6)33(43)47-24-26-15-11-8-12-16-26/h7-16,21-22,29-30H,17-20,23-24H2,1-6H3,(H,40,44)(H,41,45)/t29-,30-/m0/s1. The number of halogens is 1. The Balaban J connectivity index is 1.71. The number of pyridine rings is 1. The van der Waals surface area contributed by atoms with Crippen molar-refractivity contribution in [2.75, 3.05) is 0 Å². The zero-order chi connectivity index (χ0) is 36.0. The average Bonchev–Trinajstić information content (AvgIpc) is 3.03. The van der Waals surface area contributed by atoms with Crippen LogP contribution < -0.4 is 10.6 Å².